The normalized spacial score (nSPS) is 12.1. The molecule has 0 aliphatic rings. The molecule has 1 aromatic carbocycles. The Balaban J connectivity index is 0. The van der Waals surface area contributed by atoms with Crippen molar-refractivity contribution in [2.45, 2.75) is 38.8 Å². The predicted octanol–water partition coefficient (Wildman–Crippen LogP) is 2.55. The van der Waals surface area contributed by atoms with E-state index in [1.54, 1.807) is 13.8 Å². The lowest BCUT2D eigenvalue weighted by Crippen LogP contribution is -2.50. The van der Waals surface area contributed by atoms with Crippen LogP contribution in [0.3, 0.4) is 0 Å². The number of rotatable bonds is 6. The van der Waals surface area contributed by atoms with E-state index in [0.717, 1.165) is 6.42 Å². The summed E-state index contributed by atoms with van der Waals surface area (Å²) in [7, 11) is 4.02. The summed E-state index contributed by atoms with van der Waals surface area (Å²) < 4.78 is 0. The van der Waals surface area contributed by atoms with E-state index in [9.17, 15) is 4.79 Å². The van der Waals surface area contributed by atoms with Crippen LogP contribution in [0.25, 0.3) is 0 Å². The Hall–Kier alpha value is -0.810. The Morgan fingerprint density at radius 3 is 2.09 bits per heavy atom. The maximum Gasteiger partial charge on any atom is 0.239 e. The SMILES string of the molecule is CCc1ccc(C(CNC(=O)C(C)(C)N)N(C)C)cc1.Cl.Cl. The first-order valence-corrected chi connectivity index (χ1v) is 7.08. The molecule has 0 bridgehead atoms. The molecule has 0 spiro atoms. The van der Waals surface area contributed by atoms with Gasteiger partial charge in [-0.25, -0.2) is 0 Å². The highest BCUT2D eigenvalue weighted by Crippen LogP contribution is 2.18. The fraction of sp³-hybridized carbons (Fsp3) is 0.562. The topological polar surface area (TPSA) is 58.4 Å². The number of likely N-dealkylation sites (N-methyl/N-ethyl adjacent to an activating group) is 1. The van der Waals surface area contributed by atoms with Gasteiger partial charge in [0.25, 0.3) is 0 Å². The molecule has 1 aromatic rings. The Labute approximate surface area is 146 Å². The largest absolute Gasteiger partial charge is 0.353 e. The van der Waals surface area contributed by atoms with E-state index >= 15 is 0 Å². The summed E-state index contributed by atoms with van der Waals surface area (Å²) in [5.74, 6) is -0.130. The van der Waals surface area contributed by atoms with E-state index < -0.39 is 5.54 Å². The Morgan fingerprint density at radius 1 is 1.23 bits per heavy atom. The molecule has 0 saturated heterocycles. The van der Waals surface area contributed by atoms with Gasteiger partial charge in [-0.2, -0.15) is 0 Å². The summed E-state index contributed by atoms with van der Waals surface area (Å²) in [6.07, 6.45) is 1.03. The first-order chi connectivity index (χ1) is 9.25. The Morgan fingerprint density at radius 2 is 1.73 bits per heavy atom. The van der Waals surface area contributed by atoms with Crippen LogP contribution in [0.2, 0.25) is 0 Å². The number of nitrogens with one attached hydrogen (secondary N) is 1. The molecule has 6 heteroatoms. The first-order valence-electron chi connectivity index (χ1n) is 7.08. The van der Waals surface area contributed by atoms with Gasteiger partial charge in [0, 0.05) is 6.54 Å². The fourth-order valence-corrected chi connectivity index (χ4v) is 1.99. The van der Waals surface area contributed by atoms with Crippen LogP contribution < -0.4 is 11.1 Å². The number of hydrogen-bond donors (Lipinski definition) is 2. The second kappa shape index (κ2) is 10.1. The summed E-state index contributed by atoms with van der Waals surface area (Å²) in [6, 6.07) is 8.68. The molecule has 0 aromatic heterocycles. The standard InChI is InChI=1S/C16H27N3O.2ClH/c1-6-12-7-9-13(10-8-12)14(19(4)5)11-18-15(20)16(2,3)17;;/h7-10,14H,6,11,17H2,1-5H3,(H,18,20);2*1H. The lowest BCUT2D eigenvalue weighted by atomic mass is 10.0. The predicted molar refractivity (Wildman–Crippen MR) is 98.0 cm³/mol. The molecule has 4 nitrogen and oxygen atoms in total. The van der Waals surface area contributed by atoms with Gasteiger partial charge in [0.15, 0.2) is 0 Å². The van der Waals surface area contributed by atoms with Crippen LogP contribution in [-0.4, -0.2) is 37.0 Å². The van der Waals surface area contributed by atoms with Crippen molar-refractivity contribution in [2.24, 2.45) is 5.73 Å². The zero-order chi connectivity index (χ0) is 15.3. The molecule has 1 amide bonds. The highest BCUT2D eigenvalue weighted by atomic mass is 35.5. The van der Waals surface area contributed by atoms with Crippen molar-refractivity contribution in [1.29, 1.82) is 0 Å². The maximum absolute atomic E-state index is 11.9. The first kappa shape index (κ1) is 23.5. The number of nitrogens with two attached hydrogens (primary N) is 1. The smallest absolute Gasteiger partial charge is 0.239 e. The van der Waals surface area contributed by atoms with Crippen molar-refractivity contribution in [2.75, 3.05) is 20.6 Å². The summed E-state index contributed by atoms with van der Waals surface area (Å²) in [5, 5.41) is 2.93. The quantitative estimate of drug-likeness (QED) is 0.829. The van der Waals surface area contributed by atoms with Gasteiger partial charge in [0.05, 0.1) is 11.6 Å². The van der Waals surface area contributed by atoms with Crippen molar-refractivity contribution in [3.63, 3.8) is 0 Å². The number of halogens is 2. The van der Waals surface area contributed by atoms with Gasteiger partial charge in [-0.05, 0) is 45.5 Å². The maximum atomic E-state index is 11.9. The van der Waals surface area contributed by atoms with Gasteiger partial charge in [-0.1, -0.05) is 31.2 Å². The zero-order valence-corrected chi connectivity index (χ0v) is 15.7. The van der Waals surface area contributed by atoms with E-state index in [1.165, 1.54) is 11.1 Å². The average Bonchev–Trinajstić information content (AvgIpc) is 2.38. The molecule has 3 N–H and O–H groups in total. The van der Waals surface area contributed by atoms with E-state index in [0.29, 0.717) is 6.54 Å². The second-order valence-corrected chi connectivity index (χ2v) is 6.01. The highest BCUT2D eigenvalue weighted by Gasteiger charge is 2.23. The number of benzene rings is 1. The number of hydrogen-bond acceptors (Lipinski definition) is 3. The number of aryl methyl sites for hydroxylation is 1. The van der Waals surface area contributed by atoms with Gasteiger partial charge >= 0.3 is 0 Å². The molecule has 1 atom stereocenters. The van der Waals surface area contributed by atoms with Crippen molar-refractivity contribution < 1.29 is 4.79 Å². The minimum atomic E-state index is -0.844. The summed E-state index contributed by atoms with van der Waals surface area (Å²) in [6.45, 7) is 6.12. The van der Waals surface area contributed by atoms with Crippen LogP contribution in [0.15, 0.2) is 24.3 Å². The number of nitrogens with zero attached hydrogens (tertiary/aromatic N) is 1. The minimum absolute atomic E-state index is 0. The fourth-order valence-electron chi connectivity index (χ4n) is 1.99. The van der Waals surface area contributed by atoms with Crippen LogP contribution in [-0.2, 0) is 11.2 Å². The minimum Gasteiger partial charge on any atom is -0.353 e. The van der Waals surface area contributed by atoms with Crippen LogP contribution in [0.4, 0.5) is 0 Å². The number of amides is 1. The van der Waals surface area contributed by atoms with E-state index in [-0.39, 0.29) is 36.8 Å². The van der Waals surface area contributed by atoms with E-state index in [2.05, 4.69) is 41.4 Å². The highest BCUT2D eigenvalue weighted by molar-refractivity contribution is 5.86. The van der Waals surface area contributed by atoms with E-state index in [4.69, 9.17) is 5.73 Å². The van der Waals surface area contributed by atoms with Gasteiger partial charge in [-0.3, -0.25) is 4.79 Å². The summed E-state index contributed by atoms with van der Waals surface area (Å²) in [5.41, 5.74) is 7.46. The molecule has 0 heterocycles. The van der Waals surface area contributed by atoms with Crippen LogP contribution in [0, 0.1) is 0 Å². The van der Waals surface area contributed by atoms with Crippen molar-refractivity contribution in [3.8, 4) is 0 Å². The third-order valence-electron chi connectivity index (χ3n) is 3.44. The van der Waals surface area contributed by atoms with Crippen LogP contribution >= 0.6 is 24.8 Å². The lowest BCUT2D eigenvalue weighted by Gasteiger charge is -2.27. The van der Waals surface area contributed by atoms with Crippen LogP contribution in [0.5, 0.6) is 0 Å². The van der Waals surface area contributed by atoms with Crippen LogP contribution in [0.1, 0.15) is 37.9 Å². The van der Waals surface area contributed by atoms with Crippen molar-refractivity contribution in [1.82, 2.24) is 10.2 Å². The van der Waals surface area contributed by atoms with Gasteiger partial charge < -0.3 is 16.0 Å². The Bertz CT molecular complexity index is 442. The second-order valence-electron chi connectivity index (χ2n) is 6.01. The lowest BCUT2D eigenvalue weighted by molar-refractivity contribution is -0.125. The summed E-state index contributed by atoms with van der Waals surface area (Å²) in [4.78, 5) is 14.0. The Kier molecular flexibility index (Phi) is 10.7. The number of carbonyl (C=O) groups is 1. The molecule has 0 aliphatic heterocycles. The van der Waals surface area contributed by atoms with Crippen molar-refractivity contribution in [3.05, 3.63) is 35.4 Å². The van der Waals surface area contributed by atoms with E-state index in [1.807, 2.05) is 14.1 Å². The molecule has 1 rings (SSSR count). The molecule has 1 unspecified atom stereocenters. The van der Waals surface area contributed by atoms with Gasteiger partial charge in [-0.15, -0.1) is 24.8 Å². The third kappa shape index (κ3) is 6.97. The molecule has 0 fully saturated rings. The molecule has 0 saturated carbocycles. The molecule has 22 heavy (non-hydrogen) atoms. The third-order valence-corrected chi connectivity index (χ3v) is 3.44. The molecular weight excluding hydrogens is 321 g/mol. The van der Waals surface area contributed by atoms with Crippen molar-refractivity contribution >= 4 is 30.7 Å². The monoisotopic (exact) mass is 349 g/mol. The number of carbonyl (C=O) groups excluding carboxylic acids is 1. The molecule has 128 valence electrons. The van der Waals surface area contributed by atoms with Gasteiger partial charge in [0.1, 0.15) is 0 Å². The molecule has 0 aliphatic carbocycles. The molecule has 0 radical (unpaired) electrons. The average molecular weight is 350 g/mol. The zero-order valence-electron chi connectivity index (χ0n) is 14.1. The molecular formula is C16H29Cl2N3O. The summed E-state index contributed by atoms with van der Waals surface area (Å²) >= 11 is 0. The van der Waals surface area contributed by atoms with Gasteiger partial charge in [0.2, 0.25) is 5.91 Å².